The van der Waals surface area contributed by atoms with E-state index < -0.39 is 16.9 Å². The maximum atomic E-state index is 11.3. The monoisotopic (exact) mass is 209 g/mol. The highest BCUT2D eigenvalue weighted by Gasteiger charge is 2.07. The Kier molecular flexibility index (Phi) is 8.64. The molecular weight excluding hydrogens is 190 g/mol. The summed E-state index contributed by atoms with van der Waals surface area (Å²) in [7, 11) is 2.46. The Morgan fingerprint density at radius 3 is 2.85 bits per heavy atom. The van der Waals surface area contributed by atoms with Crippen molar-refractivity contribution in [1.82, 2.24) is 5.32 Å². The summed E-state index contributed by atoms with van der Waals surface area (Å²) in [4.78, 5) is 0. The zero-order chi connectivity index (χ0) is 10.1. The Labute approximate surface area is 82.1 Å². The van der Waals surface area contributed by atoms with Gasteiger partial charge in [-0.2, -0.15) is 0 Å². The lowest BCUT2D eigenvalue weighted by Gasteiger charge is -2.08. The van der Waals surface area contributed by atoms with Gasteiger partial charge in [-0.1, -0.05) is 0 Å². The summed E-state index contributed by atoms with van der Waals surface area (Å²) in [5.74, 6) is 0.958. The molecule has 0 rings (SSSR count). The van der Waals surface area contributed by atoms with Gasteiger partial charge in [0.1, 0.15) is 0 Å². The largest absolute Gasteiger partial charge is 0.391 e. The molecule has 0 aromatic heterocycles. The van der Waals surface area contributed by atoms with Gasteiger partial charge in [-0.25, -0.2) is 0 Å². The van der Waals surface area contributed by atoms with E-state index in [0.29, 0.717) is 24.7 Å². The maximum Gasteiger partial charge on any atom is 0.0779 e. The van der Waals surface area contributed by atoms with Crippen molar-refractivity contribution < 1.29 is 14.1 Å². The smallest absolute Gasteiger partial charge is 0.0779 e. The third-order valence-electron chi connectivity index (χ3n) is 1.54. The minimum atomic E-state index is -0.923. The fraction of sp³-hybridized carbons (Fsp3) is 1.00. The summed E-state index contributed by atoms with van der Waals surface area (Å²) in [6, 6.07) is 0. The molecule has 0 heterocycles. The SMILES string of the molecule is CNCC(O)CS(=O)CCCOC. The molecule has 5 heteroatoms. The number of ether oxygens (including phenoxy) is 1. The van der Waals surface area contributed by atoms with Crippen molar-refractivity contribution in [2.75, 3.05) is 38.8 Å². The zero-order valence-electron chi connectivity index (χ0n) is 8.28. The van der Waals surface area contributed by atoms with Gasteiger partial charge < -0.3 is 15.2 Å². The first-order valence-electron chi connectivity index (χ1n) is 4.37. The first-order valence-corrected chi connectivity index (χ1v) is 5.86. The normalized spacial score (nSPS) is 15.6. The molecule has 0 aliphatic heterocycles. The summed E-state index contributed by atoms with van der Waals surface area (Å²) in [6.07, 6.45) is 0.281. The topological polar surface area (TPSA) is 58.6 Å². The van der Waals surface area contributed by atoms with Gasteiger partial charge in [0.05, 0.1) is 11.9 Å². The van der Waals surface area contributed by atoms with Gasteiger partial charge in [0.15, 0.2) is 0 Å². The number of hydrogen-bond acceptors (Lipinski definition) is 4. The highest BCUT2D eigenvalue weighted by molar-refractivity contribution is 7.85. The van der Waals surface area contributed by atoms with Crippen LogP contribution in [0.15, 0.2) is 0 Å². The van der Waals surface area contributed by atoms with Crippen LogP contribution < -0.4 is 5.32 Å². The van der Waals surface area contributed by atoms with E-state index >= 15 is 0 Å². The van der Waals surface area contributed by atoms with Crippen LogP contribution in [0, 0.1) is 0 Å². The third kappa shape index (κ3) is 8.36. The molecule has 0 radical (unpaired) electrons. The summed E-state index contributed by atoms with van der Waals surface area (Å²) >= 11 is 0. The Bertz CT molecular complexity index is 143. The van der Waals surface area contributed by atoms with Crippen molar-refractivity contribution in [3.05, 3.63) is 0 Å². The van der Waals surface area contributed by atoms with Crippen LogP contribution in [0.4, 0.5) is 0 Å². The van der Waals surface area contributed by atoms with E-state index in [9.17, 15) is 9.32 Å². The number of aliphatic hydroxyl groups is 1. The van der Waals surface area contributed by atoms with Crippen molar-refractivity contribution in [2.45, 2.75) is 12.5 Å². The van der Waals surface area contributed by atoms with Crippen molar-refractivity contribution in [3.8, 4) is 0 Å². The van der Waals surface area contributed by atoms with Crippen molar-refractivity contribution in [2.24, 2.45) is 0 Å². The lowest BCUT2D eigenvalue weighted by atomic mass is 10.4. The van der Waals surface area contributed by atoms with Gasteiger partial charge in [-0.05, 0) is 13.5 Å². The molecule has 0 aliphatic rings. The maximum absolute atomic E-state index is 11.3. The molecule has 0 aromatic carbocycles. The van der Waals surface area contributed by atoms with Crippen LogP contribution in [0.3, 0.4) is 0 Å². The molecular formula is C8H19NO3S. The standard InChI is InChI=1S/C8H19NO3S/c1-9-6-8(10)7-13(11)5-3-4-12-2/h8-10H,3-7H2,1-2H3. The van der Waals surface area contributed by atoms with E-state index in [1.54, 1.807) is 14.2 Å². The highest BCUT2D eigenvalue weighted by Crippen LogP contribution is 1.92. The van der Waals surface area contributed by atoms with Crippen LogP contribution in [0.1, 0.15) is 6.42 Å². The minimum Gasteiger partial charge on any atom is -0.391 e. The van der Waals surface area contributed by atoms with Crippen LogP contribution in [-0.4, -0.2) is 54.2 Å². The number of hydrogen-bond donors (Lipinski definition) is 2. The molecule has 0 spiro atoms. The molecule has 4 nitrogen and oxygen atoms in total. The van der Waals surface area contributed by atoms with Crippen LogP contribution >= 0.6 is 0 Å². The second-order valence-corrected chi connectivity index (χ2v) is 4.49. The van der Waals surface area contributed by atoms with Crippen LogP contribution in [0.2, 0.25) is 0 Å². The molecule has 0 saturated carbocycles. The Balaban J connectivity index is 3.38. The predicted molar refractivity (Wildman–Crippen MR) is 54.3 cm³/mol. The zero-order valence-corrected chi connectivity index (χ0v) is 9.10. The quantitative estimate of drug-likeness (QED) is 0.522. The van der Waals surface area contributed by atoms with E-state index in [2.05, 4.69) is 5.32 Å². The van der Waals surface area contributed by atoms with Gasteiger partial charge in [0.25, 0.3) is 0 Å². The minimum absolute atomic E-state index is 0.352. The van der Waals surface area contributed by atoms with E-state index in [0.717, 1.165) is 6.42 Å². The predicted octanol–water partition coefficient (Wildman–Crippen LogP) is -0.648. The first-order chi connectivity index (χ1) is 6.20. The number of methoxy groups -OCH3 is 1. The molecule has 80 valence electrons. The van der Waals surface area contributed by atoms with Gasteiger partial charge in [0.2, 0.25) is 0 Å². The summed E-state index contributed by atoms with van der Waals surface area (Å²) in [5, 5.41) is 12.1. The van der Waals surface area contributed by atoms with E-state index in [4.69, 9.17) is 4.74 Å². The fourth-order valence-electron chi connectivity index (χ4n) is 0.957. The average molecular weight is 209 g/mol. The molecule has 2 unspecified atom stereocenters. The van der Waals surface area contributed by atoms with Crippen LogP contribution in [0.5, 0.6) is 0 Å². The third-order valence-corrected chi connectivity index (χ3v) is 3.04. The first kappa shape index (κ1) is 13.0. The van der Waals surface area contributed by atoms with Crippen molar-refractivity contribution in [3.63, 3.8) is 0 Å². The molecule has 0 aromatic rings. The summed E-state index contributed by atoms with van der Waals surface area (Å²) in [6.45, 7) is 1.13. The molecule has 0 bridgehead atoms. The lowest BCUT2D eigenvalue weighted by Crippen LogP contribution is -2.29. The Morgan fingerprint density at radius 1 is 1.62 bits per heavy atom. The van der Waals surface area contributed by atoms with Gasteiger partial charge in [-0.15, -0.1) is 0 Å². The molecule has 0 amide bonds. The second-order valence-electron chi connectivity index (χ2n) is 2.87. The number of aliphatic hydroxyl groups excluding tert-OH is 1. The highest BCUT2D eigenvalue weighted by atomic mass is 32.2. The second kappa shape index (κ2) is 8.62. The molecule has 2 N–H and O–H groups in total. The number of rotatable bonds is 8. The molecule has 0 aliphatic carbocycles. The van der Waals surface area contributed by atoms with Gasteiger partial charge in [0, 0.05) is 36.8 Å². The molecule has 0 fully saturated rings. The van der Waals surface area contributed by atoms with E-state index in [-0.39, 0.29) is 0 Å². The molecule has 0 saturated heterocycles. The lowest BCUT2D eigenvalue weighted by molar-refractivity contribution is 0.195. The Hall–Kier alpha value is 0.0300. The average Bonchev–Trinajstić information content (AvgIpc) is 2.05. The summed E-state index contributed by atoms with van der Waals surface area (Å²) in [5.41, 5.74) is 0. The van der Waals surface area contributed by atoms with Crippen molar-refractivity contribution in [1.29, 1.82) is 0 Å². The Morgan fingerprint density at radius 2 is 2.31 bits per heavy atom. The summed E-state index contributed by atoms with van der Waals surface area (Å²) < 4.78 is 16.1. The molecule has 13 heavy (non-hydrogen) atoms. The van der Waals surface area contributed by atoms with Gasteiger partial charge in [-0.3, -0.25) is 4.21 Å². The van der Waals surface area contributed by atoms with Crippen molar-refractivity contribution >= 4 is 10.8 Å². The number of likely N-dealkylation sites (N-methyl/N-ethyl adjacent to an activating group) is 1. The molecule has 2 atom stereocenters. The van der Waals surface area contributed by atoms with E-state index in [1.807, 2.05) is 0 Å². The van der Waals surface area contributed by atoms with Crippen LogP contribution in [0.25, 0.3) is 0 Å². The van der Waals surface area contributed by atoms with Gasteiger partial charge >= 0.3 is 0 Å². The van der Waals surface area contributed by atoms with E-state index in [1.165, 1.54) is 0 Å². The number of nitrogens with one attached hydrogen (secondary N) is 1. The fourth-order valence-corrected chi connectivity index (χ4v) is 2.11. The van der Waals surface area contributed by atoms with Crippen LogP contribution in [-0.2, 0) is 15.5 Å².